The van der Waals surface area contributed by atoms with Gasteiger partial charge in [-0.1, -0.05) is 30.0 Å². The molecule has 0 unspecified atom stereocenters. The van der Waals surface area contributed by atoms with Gasteiger partial charge in [0.05, 0.1) is 5.75 Å². The van der Waals surface area contributed by atoms with Gasteiger partial charge in [-0.15, -0.1) is 10.2 Å². The molecule has 0 saturated heterocycles. The number of carbonyl (C=O) groups is 2. The van der Waals surface area contributed by atoms with Crippen LogP contribution < -0.4 is 16.4 Å². The second kappa shape index (κ2) is 8.57. The van der Waals surface area contributed by atoms with Crippen molar-refractivity contribution < 1.29 is 9.59 Å². The Balaban J connectivity index is 1.63. The lowest BCUT2D eigenvalue weighted by atomic mass is 10.2. The van der Waals surface area contributed by atoms with Gasteiger partial charge in [-0.05, 0) is 30.3 Å². The van der Waals surface area contributed by atoms with E-state index in [9.17, 15) is 9.59 Å². The molecule has 9 heteroatoms. The number of nitrogens with one attached hydrogen (secondary N) is 2. The zero-order valence-electron chi connectivity index (χ0n) is 15.5. The highest BCUT2D eigenvalue weighted by molar-refractivity contribution is 7.99. The van der Waals surface area contributed by atoms with Crippen LogP contribution in [0, 0.1) is 0 Å². The Labute approximate surface area is 166 Å². The Morgan fingerprint density at radius 2 is 1.79 bits per heavy atom. The fourth-order valence-electron chi connectivity index (χ4n) is 2.58. The first kappa shape index (κ1) is 19.4. The number of anilines is 3. The van der Waals surface area contributed by atoms with Crippen LogP contribution in [-0.2, 0) is 16.6 Å². The van der Waals surface area contributed by atoms with Gasteiger partial charge in [-0.25, -0.2) is 0 Å². The molecule has 0 saturated carbocycles. The number of para-hydroxylation sites is 1. The van der Waals surface area contributed by atoms with Crippen molar-refractivity contribution in [2.45, 2.75) is 12.1 Å². The van der Waals surface area contributed by atoms with E-state index in [0.717, 1.165) is 5.56 Å². The zero-order chi connectivity index (χ0) is 20.1. The van der Waals surface area contributed by atoms with Crippen LogP contribution in [-0.4, -0.2) is 32.3 Å². The van der Waals surface area contributed by atoms with Crippen molar-refractivity contribution in [1.82, 2.24) is 14.8 Å². The molecule has 1 aromatic heterocycles. The Morgan fingerprint density at radius 3 is 2.50 bits per heavy atom. The molecule has 0 atom stereocenters. The molecule has 8 nitrogen and oxygen atoms in total. The molecule has 0 bridgehead atoms. The van der Waals surface area contributed by atoms with Crippen LogP contribution in [0.1, 0.15) is 6.92 Å². The summed E-state index contributed by atoms with van der Waals surface area (Å²) in [6.07, 6.45) is 0. The van der Waals surface area contributed by atoms with E-state index >= 15 is 0 Å². The first-order valence-electron chi connectivity index (χ1n) is 8.48. The standard InChI is InChI=1S/C19H20N6O2S/c1-12(26)21-13-6-5-7-14(10-13)22-17(27)11-28-19-24-23-18(25(19)2)15-8-3-4-9-16(15)20/h3-10H,11,20H2,1-2H3,(H,21,26)(H,22,27). The maximum Gasteiger partial charge on any atom is 0.234 e. The lowest BCUT2D eigenvalue weighted by molar-refractivity contribution is -0.114. The Morgan fingerprint density at radius 1 is 1.07 bits per heavy atom. The topological polar surface area (TPSA) is 115 Å². The Hall–Kier alpha value is -3.33. The minimum Gasteiger partial charge on any atom is -0.398 e. The van der Waals surface area contributed by atoms with Crippen molar-refractivity contribution in [3.63, 3.8) is 0 Å². The summed E-state index contributed by atoms with van der Waals surface area (Å²) in [6.45, 7) is 1.43. The molecule has 2 aromatic carbocycles. The summed E-state index contributed by atoms with van der Waals surface area (Å²) in [4.78, 5) is 23.4. The first-order valence-corrected chi connectivity index (χ1v) is 9.47. The number of thioether (sulfide) groups is 1. The summed E-state index contributed by atoms with van der Waals surface area (Å²) in [5, 5.41) is 14.4. The van der Waals surface area contributed by atoms with Crippen LogP contribution in [0.2, 0.25) is 0 Å². The smallest absolute Gasteiger partial charge is 0.234 e. The molecule has 3 aromatic rings. The summed E-state index contributed by atoms with van der Waals surface area (Å²) in [5.74, 6) is 0.453. The SMILES string of the molecule is CC(=O)Nc1cccc(NC(=O)CSc2nnc(-c3ccccc3N)n2C)c1. The van der Waals surface area contributed by atoms with E-state index in [4.69, 9.17) is 5.73 Å². The minimum atomic E-state index is -0.186. The van der Waals surface area contributed by atoms with Gasteiger partial charge in [-0.3, -0.25) is 9.59 Å². The van der Waals surface area contributed by atoms with Crippen molar-refractivity contribution >= 4 is 40.6 Å². The molecule has 0 aliphatic carbocycles. The predicted molar refractivity (Wildman–Crippen MR) is 111 cm³/mol. The molecule has 3 rings (SSSR count). The van der Waals surface area contributed by atoms with Crippen LogP contribution in [0.15, 0.2) is 53.7 Å². The average Bonchev–Trinajstić information content (AvgIpc) is 3.00. The number of carbonyl (C=O) groups excluding carboxylic acids is 2. The summed E-state index contributed by atoms with van der Waals surface area (Å²) in [7, 11) is 1.83. The van der Waals surface area contributed by atoms with Crippen LogP contribution >= 0.6 is 11.8 Å². The summed E-state index contributed by atoms with van der Waals surface area (Å²) in [6, 6.07) is 14.4. The molecule has 0 fully saturated rings. The van der Waals surface area contributed by atoms with Crippen LogP contribution in [0.25, 0.3) is 11.4 Å². The quantitative estimate of drug-likeness (QED) is 0.436. The number of rotatable bonds is 6. The second-order valence-electron chi connectivity index (χ2n) is 6.05. The van der Waals surface area contributed by atoms with Gasteiger partial charge in [0.2, 0.25) is 11.8 Å². The lowest BCUT2D eigenvalue weighted by Gasteiger charge is -2.08. The van der Waals surface area contributed by atoms with Crippen molar-refractivity contribution in [2.75, 3.05) is 22.1 Å². The van der Waals surface area contributed by atoms with E-state index in [-0.39, 0.29) is 17.6 Å². The van der Waals surface area contributed by atoms with Gasteiger partial charge in [0.15, 0.2) is 11.0 Å². The normalized spacial score (nSPS) is 10.5. The van der Waals surface area contributed by atoms with Crippen LogP contribution in [0.5, 0.6) is 0 Å². The average molecular weight is 396 g/mol. The lowest BCUT2D eigenvalue weighted by Crippen LogP contribution is -2.15. The van der Waals surface area contributed by atoms with E-state index < -0.39 is 0 Å². The number of hydrogen-bond acceptors (Lipinski definition) is 6. The van der Waals surface area contributed by atoms with E-state index in [1.807, 2.05) is 25.2 Å². The molecule has 2 amide bonds. The molecule has 1 heterocycles. The van der Waals surface area contributed by atoms with E-state index in [2.05, 4.69) is 20.8 Å². The van der Waals surface area contributed by atoms with Gasteiger partial charge < -0.3 is 20.9 Å². The third-order valence-electron chi connectivity index (χ3n) is 3.84. The van der Waals surface area contributed by atoms with E-state index in [1.54, 1.807) is 34.9 Å². The number of amides is 2. The maximum atomic E-state index is 12.3. The molecule has 4 N–H and O–H groups in total. The number of benzene rings is 2. The van der Waals surface area contributed by atoms with Crippen molar-refractivity contribution in [1.29, 1.82) is 0 Å². The number of nitrogen functional groups attached to an aromatic ring is 1. The van der Waals surface area contributed by atoms with Gasteiger partial charge in [-0.2, -0.15) is 0 Å². The fraction of sp³-hybridized carbons (Fsp3) is 0.158. The number of aromatic nitrogens is 3. The highest BCUT2D eigenvalue weighted by Crippen LogP contribution is 2.26. The van der Waals surface area contributed by atoms with E-state index in [1.165, 1.54) is 18.7 Å². The van der Waals surface area contributed by atoms with Crippen molar-refractivity contribution in [3.05, 3.63) is 48.5 Å². The molecule has 0 aliphatic heterocycles. The summed E-state index contributed by atoms with van der Waals surface area (Å²) >= 11 is 1.28. The van der Waals surface area contributed by atoms with Gasteiger partial charge in [0, 0.05) is 36.6 Å². The van der Waals surface area contributed by atoms with Crippen molar-refractivity contribution in [3.8, 4) is 11.4 Å². The van der Waals surface area contributed by atoms with Gasteiger partial charge in [0.25, 0.3) is 0 Å². The maximum absolute atomic E-state index is 12.3. The number of hydrogen-bond donors (Lipinski definition) is 3. The largest absolute Gasteiger partial charge is 0.398 e. The van der Waals surface area contributed by atoms with E-state index in [0.29, 0.717) is 28.0 Å². The molecule has 0 aliphatic rings. The van der Waals surface area contributed by atoms with Gasteiger partial charge in [0.1, 0.15) is 0 Å². The highest BCUT2D eigenvalue weighted by atomic mass is 32.2. The number of nitrogens with zero attached hydrogens (tertiary/aromatic N) is 3. The Bertz CT molecular complexity index is 1020. The first-order chi connectivity index (χ1) is 13.4. The molecular weight excluding hydrogens is 376 g/mol. The summed E-state index contributed by atoms with van der Waals surface area (Å²) in [5.41, 5.74) is 8.64. The molecule has 0 spiro atoms. The molecule has 28 heavy (non-hydrogen) atoms. The monoisotopic (exact) mass is 396 g/mol. The third-order valence-corrected chi connectivity index (χ3v) is 4.86. The molecule has 0 radical (unpaired) electrons. The fourth-order valence-corrected chi connectivity index (χ4v) is 3.29. The second-order valence-corrected chi connectivity index (χ2v) is 6.99. The summed E-state index contributed by atoms with van der Waals surface area (Å²) < 4.78 is 1.81. The molecule has 144 valence electrons. The zero-order valence-corrected chi connectivity index (χ0v) is 16.3. The third kappa shape index (κ3) is 4.68. The number of nitrogens with two attached hydrogens (primary N) is 1. The van der Waals surface area contributed by atoms with Gasteiger partial charge >= 0.3 is 0 Å². The molecular formula is C19H20N6O2S. The van der Waals surface area contributed by atoms with Crippen LogP contribution in [0.4, 0.5) is 17.1 Å². The highest BCUT2D eigenvalue weighted by Gasteiger charge is 2.14. The minimum absolute atomic E-state index is 0.167. The van der Waals surface area contributed by atoms with Crippen molar-refractivity contribution in [2.24, 2.45) is 7.05 Å². The van der Waals surface area contributed by atoms with Crippen LogP contribution in [0.3, 0.4) is 0 Å². The predicted octanol–water partition coefficient (Wildman–Crippen LogP) is 2.75. The Kier molecular flexibility index (Phi) is 5.95.